The maximum atomic E-state index is 13.9. The number of rotatable bonds is 8. The summed E-state index contributed by atoms with van der Waals surface area (Å²) in [4.78, 5) is 16.3. The van der Waals surface area contributed by atoms with E-state index in [2.05, 4.69) is 23.1 Å². The smallest absolute Gasteiger partial charge is 0.193 e. The number of methoxy groups -OCH3 is 1. The molecule has 2 aliphatic rings. The van der Waals surface area contributed by atoms with Gasteiger partial charge in [-0.3, -0.25) is 9.69 Å². The molecule has 0 aromatic heterocycles. The van der Waals surface area contributed by atoms with Crippen LogP contribution in [0.1, 0.15) is 46.3 Å². The number of benzene rings is 3. The van der Waals surface area contributed by atoms with Crippen molar-refractivity contribution in [2.45, 2.75) is 25.7 Å². The molecule has 174 valence electrons. The number of carbonyl (C=O) groups excluding carboxylic acids is 1. The van der Waals surface area contributed by atoms with Gasteiger partial charge >= 0.3 is 0 Å². The molecular formula is C30H31NO3. The second kappa shape index (κ2) is 10.3. The van der Waals surface area contributed by atoms with E-state index >= 15 is 0 Å². The molecule has 1 fully saturated rings. The van der Waals surface area contributed by atoms with Crippen molar-refractivity contribution in [2.75, 3.05) is 33.4 Å². The number of nitrogens with zero attached hydrogens (tertiary/aromatic N) is 1. The average molecular weight is 454 g/mol. The Balaban J connectivity index is 1.42. The van der Waals surface area contributed by atoms with E-state index in [0.717, 1.165) is 58.7 Å². The van der Waals surface area contributed by atoms with E-state index in [1.54, 1.807) is 7.11 Å². The number of aryl methyl sites for hydroxylation is 1. The fraction of sp³-hybridized carbons (Fsp3) is 0.300. The molecule has 1 heterocycles. The maximum absolute atomic E-state index is 13.9. The third-order valence-electron chi connectivity index (χ3n) is 6.87. The lowest BCUT2D eigenvalue weighted by atomic mass is 9.79. The lowest BCUT2D eigenvalue weighted by Gasteiger charge is -2.24. The first-order valence-electron chi connectivity index (χ1n) is 12.2. The lowest BCUT2D eigenvalue weighted by Crippen LogP contribution is -2.25. The van der Waals surface area contributed by atoms with Crippen LogP contribution in [0.4, 0.5) is 0 Å². The summed E-state index contributed by atoms with van der Waals surface area (Å²) >= 11 is 0. The molecule has 3 aromatic carbocycles. The number of fused-ring (bicyclic) bond motifs is 1. The molecule has 0 bridgehead atoms. The number of hydrogen-bond acceptors (Lipinski definition) is 4. The Kier molecular flexibility index (Phi) is 6.77. The van der Waals surface area contributed by atoms with Gasteiger partial charge in [0.05, 0.1) is 7.11 Å². The second-order valence-corrected chi connectivity index (χ2v) is 8.99. The molecule has 0 unspecified atom stereocenters. The van der Waals surface area contributed by atoms with Crippen LogP contribution < -0.4 is 9.47 Å². The van der Waals surface area contributed by atoms with E-state index in [9.17, 15) is 4.79 Å². The molecular weight excluding hydrogens is 422 g/mol. The van der Waals surface area contributed by atoms with Gasteiger partial charge in [-0.05, 0) is 97.4 Å². The molecule has 4 heteroatoms. The maximum Gasteiger partial charge on any atom is 0.193 e. The summed E-state index contributed by atoms with van der Waals surface area (Å²) in [5.41, 5.74) is 5.84. The van der Waals surface area contributed by atoms with Crippen LogP contribution in [-0.4, -0.2) is 44.0 Å². The van der Waals surface area contributed by atoms with E-state index in [1.165, 1.54) is 25.9 Å². The molecule has 1 aliphatic heterocycles. The van der Waals surface area contributed by atoms with Crippen LogP contribution in [0.25, 0.3) is 11.1 Å². The normalized spacial score (nSPS) is 15.8. The molecule has 0 atom stereocenters. The van der Waals surface area contributed by atoms with E-state index in [-0.39, 0.29) is 5.78 Å². The monoisotopic (exact) mass is 453 g/mol. The van der Waals surface area contributed by atoms with E-state index in [0.29, 0.717) is 12.2 Å². The van der Waals surface area contributed by atoms with Crippen molar-refractivity contribution in [1.82, 2.24) is 4.90 Å². The second-order valence-electron chi connectivity index (χ2n) is 8.99. The molecule has 0 saturated carbocycles. The van der Waals surface area contributed by atoms with Crippen LogP contribution in [0.3, 0.4) is 0 Å². The Morgan fingerprint density at radius 1 is 0.882 bits per heavy atom. The summed E-state index contributed by atoms with van der Waals surface area (Å²) in [5.74, 6) is 1.68. The number of ketones is 1. The van der Waals surface area contributed by atoms with Crippen molar-refractivity contribution in [3.8, 4) is 11.5 Å². The zero-order valence-corrected chi connectivity index (χ0v) is 19.8. The van der Waals surface area contributed by atoms with Crippen molar-refractivity contribution in [3.05, 3.63) is 95.1 Å². The van der Waals surface area contributed by atoms with Gasteiger partial charge in [0.2, 0.25) is 0 Å². The third-order valence-corrected chi connectivity index (χ3v) is 6.87. The fourth-order valence-corrected chi connectivity index (χ4v) is 5.03. The molecule has 1 saturated heterocycles. The number of allylic oxidation sites excluding steroid dienone is 2. The topological polar surface area (TPSA) is 38.8 Å². The minimum atomic E-state index is 0.0496. The number of carbonyl (C=O) groups is 1. The van der Waals surface area contributed by atoms with Gasteiger partial charge in [-0.2, -0.15) is 0 Å². The summed E-state index contributed by atoms with van der Waals surface area (Å²) < 4.78 is 11.4. The van der Waals surface area contributed by atoms with Gasteiger partial charge < -0.3 is 9.47 Å². The molecule has 1 aliphatic carbocycles. The minimum absolute atomic E-state index is 0.0496. The van der Waals surface area contributed by atoms with Crippen molar-refractivity contribution in [1.29, 1.82) is 0 Å². The quantitative estimate of drug-likeness (QED) is 0.398. The SMILES string of the molecule is COc1ccc2c(c1)CCC(c1ccccc1)=C2C(=O)c1ccc(OCCN2CCCC2)cc1. The standard InChI is InChI=1S/C30H31NO3/c1-33-26-14-16-28-24(21-26)11-15-27(22-7-3-2-4-8-22)29(28)30(32)23-9-12-25(13-10-23)34-20-19-31-17-5-6-18-31/h2-4,7-10,12-14,16,21H,5-6,11,15,17-20H2,1H3. The van der Waals surface area contributed by atoms with Crippen molar-refractivity contribution in [3.63, 3.8) is 0 Å². The largest absolute Gasteiger partial charge is 0.497 e. The summed E-state index contributed by atoms with van der Waals surface area (Å²) in [6.45, 7) is 3.96. The minimum Gasteiger partial charge on any atom is -0.497 e. The molecule has 0 radical (unpaired) electrons. The van der Waals surface area contributed by atoms with E-state index < -0.39 is 0 Å². The Morgan fingerprint density at radius 3 is 2.35 bits per heavy atom. The lowest BCUT2D eigenvalue weighted by molar-refractivity contribution is 0.105. The van der Waals surface area contributed by atoms with Crippen LogP contribution in [0.2, 0.25) is 0 Å². The highest BCUT2D eigenvalue weighted by molar-refractivity contribution is 6.35. The van der Waals surface area contributed by atoms with Crippen LogP contribution in [0, 0.1) is 0 Å². The molecule has 0 amide bonds. The molecule has 4 nitrogen and oxygen atoms in total. The molecule has 0 spiro atoms. The highest BCUT2D eigenvalue weighted by Gasteiger charge is 2.26. The van der Waals surface area contributed by atoms with Gasteiger partial charge in [-0.25, -0.2) is 0 Å². The Hall–Kier alpha value is -3.37. The van der Waals surface area contributed by atoms with Gasteiger partial charge in [-0.15, -0.1) is 0 Å². The van der Waals surface area contributed by atoms with Crippen LogP contribution in [-0.2, 0) is 6.42 Å². The van der Waals surface area contributed by atoms with Crippen LogP contribution in [0.5, 0.6) is 11.5 Å². The zero-order chi connectivity index (χ0) is 23.3. The van der Waals surface area contributed by atoms with Gasteiger partial charge in [0.1, 0.15) is 18.1 Å². The fourth-order valence-electron chi connectivity index (χ4n) is 5.03. The van der Waals surface area contributed by atoms with Gasteiger partial charge in [0.15, 0.2) is 5.78 Å². The predicted octanol–water partition coefficient (Wildman–Crippen LogP) is 5.91. The summed E-state index contributed by atoms with van der Waals surface area (Å²) in [5, 5.41) is 0. The first-order chi connectivity index (χ1) is 16.7. The van der Waals surface area contributed by atoms with E-state index in [4.69, 9.17) is 9.47 Å². The average Bonchev–Trinajstić information content (AvgIpc) is 3.42. The summed E-state index contributed by atoms with van der Waals surface area (Å²) in [6, 6.07) is 23.9. The number of likely N-dealkylation sites (tertiary alicyclic amines) is 1. The Morgan fingerprint density at radius 2 is 1.62 bits per heavy atom. The zero-order valence-electron chi connectivity index (χ0n) is 19.8. The first kappa shape index (κ1) is 22.4. The number of ether oxygens (including phenoxy) is 2. The highest BCUT2D eigenvalue weighted by Crippen LogP contribution is 2.40. The summed E-state index contributed by atoms with van der Waals surface area (Å²) in [7, 11) is 1.68. The molecule has 34 heavy (non-hydrogen) atoms. The van der Waals surface area contributed by atoms with Crippen LogP contribution in [0.15, 0.2) is 72.8 Å². The predicted molar refractivity (Wildman–Crippen MR) is 137 cm³/mol. The molecule has 0 N–H and O–H groups in total. The van der Waals surface area contributed by atoms with Gasteiger partial charge in [-0.1, -0.05) is 36.4 Å². The number of hydrogen-bond donors (Lipinski definition) is 0. The Labute approximate surface area is 201 Å². The number of Topliss-reactive ketones (excluding diaryl/α,β-unsaturated/α-hetero) is 1. The van der Waals surface area contributed by atoms with Crippen LogP contribution >= 0.6 is 0 Å². The van der Waals surface area contributed by atoms with Crippen molar-refractivity contribution in [2.24, 2.45) is 0 Å². The van der Waals surface area contributed by atoms with Gasteiger partial charge in [0.25, 0.3) is 0 Å². The third kappa shape index (κ3) is 4.78. The molecule has 3 aromatic rings. The van der Waals surface area contributed by atoms with E-state index in [1.807, 2.05) is 54.6 Å². The summed E-state index contributed by atoms with van der Waals surface area (Å²) in [6.07, 6.45) is 4.28. The Bertz CT molecular complexity index is 1180. The van der Waals surface area contributed by atoms with Gasteiger partial charge in [0, 0.05) is 17.7 Å². The highest BCUT2D eigenvalue weighted by atomic mass is 16.5. The van der Waals surface area contributed by atoms with Crippen molar-refractivity contribution >= 4 is 16.9 Å². The van der Waals surface area contributed by atoms with Crippen molar-refractivity contribution < 1.29 is 14.3 Å². The first-order valence-corrected chi connectivity index (χ1v) is 12.2. The molecule has 5 rings (SSSR count).